The normalized spacial score (nSPS) is 12.9. The van der Waals surface area contributed by atoms with E-state index in [9.17, 15) is 4.79 Å². The molecular formula is C13H27NOS. The number of carbonyl (C=O) groups is 1. The Balaban J connectivity index is 4.75. The van der Waals surface area contributed by atoms with Crippen molar-refractivity contribution < 1.29 is 4.79 Å². The molecule has 0 aromatic heterocycles. The summed E-state index contributed by atoms with van der Waals surface area (Å²) in [6.45, 7) is 14.7. The van der Waals surface area contributed by atoms with Crippen LogP contribution in [0.4, 0.5) is 0 Å². The second-order valence-corrected chi connectivity index (χ2v) is 6.65. The molecule has 0 heterocycles. The van der Waals surface area contributed by atoms with Crippen LogP contribution in [0, 0.1) is 5.92 Å². The molecule has 0 aromatic carbocycles. The highest BCUT2D eigenvalue weighted by atomic mass is 32.2. The van der Waals surface area contributed by atoms with E-state index in [2.05, 4.69) is 38.9 Å². The monoisotopic (exact) mass is 245 g/mol. The molecule has 0 aromatic rings. The van der Waals surface area contributed by atoms with Crippen molar-refractivity contribution in [1.82, 2.24) is 4.31 Å². The highest BCUT2D eigenvalue weighted by Gasteiger charge is 2.36. The maximum atomic E-state index is 12.2. The molecule has 0 spiro atoms. The molecular weight excluding hydrogens is 218 g/mol. The SMILES string of the molecule is CCSN(C(C)C)C(C)(C)C(=O)CC(C)C. The molecule has 0 fully saturated rings. The summed E-state index contributed by atoms with van der Waals surface area (Å²) in [7, 11) is 0. The minimum absolute atomic E-state index is 0.345. The molecule has 0 aliphatic heterocycles. The van der Waals surface area contributed by atoms with Gasteiger partial charge in [-0.3, -0.25) is 4.79 Å². The molecule has 0 unspecified atom stereocenters. The lowest BCUT2D eigenvalue weighted by Gasteiger charge is -2.39. The van der Waals surface area contributed by atoms with Crippen LogP contribution in [-0.2, 0) is 4.79 Å². The Morgan fingerprint density at radius 2 is 1.75 bits per heavy atom. The first kappa shape index (κ1) is 16.0. The van der Waals surface area contributed by atoms with Gasteiger partial charge in [0.1, 0.15) is 0 Å². The van der Waals surface area contributed by atoms with Gasteiger partial charge in [0.25, 0.3) is 0 Å². The van der Waals surface area contributed by atoms with Crippen molar-refractivity contribution in [3.63, 3.8) is 0 Å². The summed E-state index contributed by atoms with van der Waals surface area (Å²) in [5.74, 6) is 1.79. The van der Waals surface area contributed by atoms with Crippen LogP contribution in [0.1, 0.15) is 54.9 Å². The molecule has 0 aliphatic rings. The predicted octanol–water partition coefficient (Wildman–Crippen LogP) is 3.76. The summed E-state index contributed by atoms with van der Waals surface area (Å²) < 4.78 is 2.23. The molecule has 0 amide bonds. The summed E-state index contributed by atoms with van der Waals surface area (Å²) in [6.07, 6.45) is 0.667. The second kappa shape index (κ2) is 6.65. The molecule has 0 rings (SSSR count). The van der Waals surface area contributed by atoms with Gasteiger partial charge in [-0.05, 0) is 33.6 Å². The molecule has 0 bridgehead atoms. The third-order valence-corrected chi connectivity index (χ3v) is 3.98. The molecule has 0 saturated carbocycles. The van der Waals surface area contributed by atoms with E-state index in [0.717, 1.165) is 5.75 Å². The zero-order chi connectivity index (χ0) is 12.9. The fraction of sp³-hybridized carbons (Fsp3) is 0.923. The highest BCUT2D eigenvalue weighted by molar-refractivity contribution is 7.97. The predicted molar refractivity (Wildman–Crippen MR) is 73.6 cm³/mol. The van der Waals surface area contributed by atoms with Crippen LogP contribution in [-0.4, -0.2) is 27.4 Å². The second-order valence-electron chi connectivity index (χ2n) is 5.42. The van der Waals surface area contributed by atoms with Crippen molar-refractivity contribution >= 4 is 17.7 Å². The van der Waals surface area contributed by atoms with Gasteiger partial charge in [-0.25, -0.2) is 4.31 Å². The minimum atomic E-state index is -0.362. The lowest BCUT2D eigenvalue weighted by Crippen LogP contribution is -2.49. The van der Waals surface area contributed by atoms with Crippen LogP contribution < -0.4 is 0 Å². The maximum Gasteiger partial charge on any atom is 0.153 e. The Hall–Kier alpha value is -0.0200. The first-order valence-corrected chi connectivity index (χ1v) is 7.13. The average molecular weight is 245 g/mol. The van der Waals surface area contributed by atoms with E-state index in [1.165, 1.54) is 0 Å². The number of rotatable bonds is 7. The van der Waals surface area contributed by atoms with Gasteiger partial charge in [0.2, 0.25) is 0 Å². The first-order valence-electron chi connectivity index (χ1n) is 6.19. The van der Waals surface area contributed by atoms with E-state index in [1.54, 1.807) is 11.9 Å². The summed E-state index contributed by atoms with van der Waals surface area (Å²) in [5.41, 5.74) is -0.362. The zero-order valence-electron chi connectivity index (χ0n) is 11.8. The number of ketones is 1. The number of Topliss-reactive ketones (excluding diaryl/α,β-unsaturated/α-hetero) is 1. The van der Waals surface area contributed by atoms with Crippen LogP contribution in [0.3, 0.4) is 0 Å². The Labute approximate surface area is 105 Å². The number of hydrogen-bond acceptors (Lipinski definition) is 3. The summed E-state index contributed by atoms with van der Waals surface area (Å²) in [4.78, 5) is 12.2. The molecule has 0 N–H and O–H groups in total. The van der Waals surface area contributed by atoms with Gasteiger partial charge in [-0.2, -0.15) is 0 Å². The van der Waals surface area contributed by atoms with E-state index < -0.39 is 0 Å². The third-order valence-electron chi connectivity index (χ3n) is 2.56. The van der Waals surface area contributed by atoms with E-state index in [0.29, 0.717) is 24.2 Å². The van der Waals surface area contributed by atoms with Crippen molar-refractivity contribution in [3.8, 4) is 0 Å². The largest absolute Gasteiger partial charge is 0.298 e. The smallest absolute Gasteiger partial charge is 0.153 e. The van der Waals surface area contributed by atoms with Crippen molar-refractivity contribution in [2.24, 2.45) is 5.92 Å². The molecule has 0 atom stereocenters. The van der Waals surface area contributed by atoms with Gasteiger partial charge in [-0.1, -0.05) is 32.7 Å². The van der Waals surface area contributed by atoms with E-state index in [4.69, 9.17) is 0 Å². The number of nitrogens with zero attached hydrogens (tertiary/aromatic N) is 1. The van der Waals surface area contributed by atoms with Crippen LogP contribution >= 0.6 is 11.9 Å². The van der Waals surface area contributed by atoms with Crippen LogP contribution in [0.25, 0.3) is 0 Å². The van der Waals surface area contributed by atoms with Gasteiger partial charge in [-0.15, -0.1) is 0 Å². The van der Waals surface area contributed by atoms with Gasteiger partial charge in [0, 0.05) is 18.2 Å². The molecule has 2 nitrogen and oxygen atoms in total. The summed E-state index contributed by atoms with van der Waals surface area (Å²) in [6, 6.07) is 0.385. The van der Waals surface area contributed by atoms with E-state index >= 15 is 0 Å². The Morgan fingerprint density at radius 3 is 2.06 bits per heavy atom. The van der Waals surface area contributed by atoms with E-state index in [-0.39, 0.29) is 5.54 Å². The lowest BCUT2D eigenvalue weighted by molar-refractivity contribution is -0.127. The Morgan fingerprint density at radius 1 is 1.25 bits per heavy atom. The molecule has 0 saturated heterocycles. The van der Waals surface area contributed by atoms with Crippen LogP contribution in [0.15, 0.2) is 0 Å². The molecule has 16 heavy (non-hydrogen) atoms. The van der Waals surface area contributed by atoms with Crippen molar-refractivity contribution in [2.45, 2.75) is 66.5 Å². The lowest BCUT2D eigenvalue weighted by atomic mass is 9.91. The quantitative estimate of drug-likeness (QED) is 0.637. The number of carbonyl (C=O) groups excluding carboxylic acids is 1. The van der Waals surface area contributed by atoms with Crippen LogP contribution in [0.2, 0.25) is 0 Å². The maximum absolute atomic E-state index is 12.2. The van der Waals surface area contributed by atoms with Gasteiger partial charge in [0.05, 0.1) is 5.54 Å². The number of hydrogen-bond donors (Lipinski definition) is 0. The first-order chi connectivity index (χ1) is 7.23. The van der Waals surface area contributed by atoms with E-state index in [1.807, 2.05) is 13.8 Å². The van der Waals surface area contributed by atoms with Crippen molar-refractivity contribution in [2.75, 3.05) is 5.75 Å². The minimum Gasteiger partial charge on any atom is -0.298 e. The fourth-order valence-electron chi connectivity index (χ4n) is 1.84. The Kier molecular flexibility index (Phi) is 6.64. The molecule has 96 valence electrons. The summed E-state index contributed by atoms with van der Waals surface area (Å²) >= 11 is 1.76. The van der Waals surface area contributed by atoms with Crippen LogP contribution in [0.5, 0.6) is 0 Å². The van der Waals surface area contributed by atoms with Crippen molar-refractivity contribution in [3.05, 3.63) is 0 Å². The highest BCUT2D eigenvalue weighted by Crippen LogP contribution is 2.29. The van der Waals surface area contributed by atoms with Crippen molar-refractivity contribution in [1.29, 1.82) is 0 Å². The Bertz CT molecular complexity index is 224. The topological polar surface area (TPSA) is 20.3 Å². The third kappa shape index (κ3) is 4.46. The molecule has 3 heteroatoms. The fourth-order valence-corrected chi connectivity index (χ4v) is 2.84. The molecule has 0 aliphatic carbocycles. The zero-order valence-corrected chi connectivity index (χ0v) is 12.6. The van der Waals surface area contributed by atoms with Gasteiger partial charge < -0.3 is 0 Å². The molecule has 0 radical (unpaired) electrons. The van der Waals surface area contributed by atoms with Gasteiger partial charge in [0.15, 0.2) is 5.78 Å². The van der Waals surface area contributed by atoms with Gasteiger partial charge >= 0.3 is 0 Å². The standard InChI is InChI=1S/C13H27NOS/c1-8-16-14(11(4)5)13(6,7)12(15)9-10(2)3/h10-11H,8-9H2,1-7H3. The average Bonchev–Trinajstić information content (AvgIpc) is 2.12. The summed E-state index contributed by atoms with van der Waals surface area (Å²) in [5, 5.41) is 0.